The Morgan fingerprint density at radius 1 is 0.791 bits per heavy atom. The molecule has 0 unspecified atom stereocenters. The topological polar surface area (TPSA) is 115 Å². The van der Waals surface area contributed by atoms with Gasteiger partial charge in [0.2, 0.25) is 0 Å². The normalized spacial score (nSPS) is 26.3. The number of amides is 3. The number of carbonyl (C=O) groups is 3. The number of alkyl carbamates (subject to hydrolysis) is 2. The van der Waals surface area contributed by atoms with Crippen molar-refractivity contribution in [2.45, 2.75) is 105 Å². The van der Waals surface area contributed by atoms with Gasteiger partial charge >= 0.3 is 12.2 Å². The van der Waals surface area contributed by atoms with Crippen molar-refractivity contribution >= 4 is 18.1 Å². The number of methoxy groups -OCH3 is 1. The Hall–Kier alpha value is -2.97. The first-order chi connectivity index (χ1) is 20.5. The molecule has 2 fully saturated rings. The van der Waals surface area contributed by atoms with Crippen LogP contribution in [0.3, 0.4) is 0 Å². The van der Waals surface area contributed by atoms with Crippen molar-refractivity contribution in [3.8, 4) is 5.75 Å². The van der Waals surface area contributed by atoms with Crippen LogP contribution in [0, 0.1) is 35.5 Å². The summed E-state index contributed by atoms with van der Waals surface area (Å²) in [4.78, 5) is 38.7. The number of nitrogens with one attached hydrogen (secondary N) is 3. The third kappa shape index (κ3) is 10.9. The molecule has 7 atom stereocenters. The van der Waals surface area contributed by atoms with Crippen molar-refractivity contribution in [2.24, 2.45) is 35.5 Å². The molecule has 43 heavy (non-hydrogen) atoms. The van der Waals surface area contributed by atoms with Crippen LogP contribution >= 0.6 is 0 Å². The Morgan fingerprint density at radius 2 is 1.33 bits per heavy atom. The van der Waals surface area contributed by atoms with Gasteiger partial charge in [-0.15, -0.1) is 0 Å². The van der Waals surface area contributed by atoms with E-state index < -0.39 is 18.2 Å². The van der Waals surface area contributed by atoms with Gasteiger partial charge in [-0.2, -0.15) is 0 Å². The third-order valence-corrected chi connectivity index (χ3v) is 9.38. The lowest BCUT2D eigenvalue weighted by atomic mass is 9.75. The van der Waals surface area contributed by atoms with Gasteiger partial charge in [0, 0.05) is 18.7 Å². The van der Waals surface area contributed by atoms with E-state index in [0.717, 1.165) is 38.5 Å². The summed E-state index contributed by atoms with van der Waals surface area (Å²) < 4.78 is 17.0. The highest BCUT2D eigenvalue weighted by Crippen LogP contribution is 2.36. The lowest BCUT2D eigenvalue weighted by Gasteiger charge is -2.37. The van der Waals surface area contributed by atoms with Crippen molar-refractivity contribution in [2.75, 3.05) is 20.2 Å². The molecule has 242 valence electrons. The monoisotopic (exact) mass is 601 g/mol. The molecule has 0 aliphatic heterocycles. The molecule has 2 saturated carbocycles. The Kier molecular flexibility index (Phi) is 13.5. The molecule has 0 radical (unpaired) electrons. The van der Waals surface area contributed by atoms with Crippen molar-refractivity contribution in [1.29, 1.82) is 0 Å². The Morgan fingerprint density at radius 3 is 1.84 bits per heavy atom. The van der Waals surface area contributed by atoms with E-state index >= 15 is 0 Å². The molecule has 0 aromatic heterocycles. The molecule has 2 aliphatic rings. The number of ether oxygens (including phenoxy) is 3. The van der Waals surface area contributed by atoms with Gasteiger partial charge in [0.05, 0.1) is 13.2 Å². The fraction of sp³-hybridized carbons (Fsp3) is 0.735. The average Bonchev–Trinajstić information content (AvgIpc) is 2.95. The minimum atomic E-state index is -0.493. The van der Waals surface area contributed by atoms with Crippen LogP contribution in [-0.2, 0) is 9.47 Å². The van der Waals surface area contributed by atoms with Crippen LogP contribution in [0.4, 0.5) is 9.59 Å². The van der Waals surface area contributed by atoms with Gasteiger partial charge in [-0.25, -0.2) is 9.59 Å². The standard InChI is InChI=1S/C34H55N3O6/c1-21(2)28-14-8-23(5)18-30(28)42-33(39)36-20-26(16-17-35-32(38)25-10-12-27(41-7)13-11-25)37-34(40)43-31-19-24(6)9-15-29(31)22(3)4/h10-13,21-24,26,28-31H,8-9,14-20H2,1-7H3,(H,35,38)(H,36,39)(H,37,40)/t23-,24-,26-,28+,29+,30-,31-/m1/s1. The lowest BCUT2D eigenvalue weighted by molar-refractivity contribution is 0.00264. The van der Waals surface area contributed by atoms with Crippen molar-refractivity contribution in [1.82, 2.24) is 16.0 Å². The number of hydrogen-bond donors (Lipinski definition) is 3. The van der Waals surface area contributed by atoms with Gasteiger partial charge < -0.3 is 30.2 Å². The van der Waals surface area contributed by atoms with E-state index in [9.17, 15) is 14.4 Å². The van der Waals surface area contributed by atoms with E-state index in [0.29, 0.717) is 59.8 Å². The SMILES string of the molecule is COc1ccc(C(=O)NCC[C@H](CNC(=O)O[C@@H]2C[C@H](C)CC[C@H]2C(C)C)NC(=O)O[C@@H]2C[C@H](C)CC[C@H]2C(C)C)cc1. The fourth-order valence-electron chi connectivity index (χ4n) is 6.65. The summed E-state index contributed by atoms with van der Waals surface area (Å²) in [5, 5.41) is 8.74. The van der Waals surface area contributed by atoms with E-state index in [2.05, 4.69) is 57.5 Å². The van der Waals surface area contributed by atoms with E-state index in [-0.39, 0.29) is 24.7 Å². The zero-order valence-corrected chi connectivity index (χ0v) is 27.3. The van der Waals surface area contributed by atoms with Crippen LogP contribution in [0.1, 0.15) is 96.8 Å². The van der Waals surface area contributed by atoms with Crippen LogP contribution in [0.5, 0.6) is 5.75 Å². The maximum absolute atomic E-state index is 13.1. The average molecular weight is 602 g/mol. The predicted octanol–water partition coefficient (Wildman–Crippen LogP) is 6.56. The second kappa shape index (κ2) is 16.8. The lowest BCUT2D eigenvalue weighted by Crippen LogP contribution is -2.48. The van der Waals surface area contributed by atoms with Crippen LogP contribution in [0.2, 0.25) is 0 Å². The molecule has 0 heterocycles. The molecule has 0 saturated heterocycles. The molecule has 3 rings (SSSR count). The molecular weight excluding hydrogens is 546 g/mol. The van der Waals surface area contributed by atoms with Crippen LogP contribution in [0.15, 0.2) is 24.3 Å². The van der Waals surface area contributed by atoms with Crippen LogP contribution in [0.25, 0.3) is 0 Å². The van der Waals surface area contributed by atoms with Gasteiger partial charge in [-0.1, -0.05) is 54.4 Å². The van der Waals surface area contributed by atoms with Crippen molar-refractivity contribution in [3.63, 3.8) is 0 Å². The van der Waals surface area contributed by atoms with E-state index in [1.165, 1.54) is 0 Å². The summed E-state index contributed by atoms with van der Waals surface area (Å²) in [6.07, 6.45) is 5.27. The maximum Gasteiger partial charge on any atom is 0.407 e. The quantitative estimate of drug-likeness (QED) is 0.250. The zero-order valence-electron chi connectivity index (χ0n) is 27.3. The molecular formula is C34H55N3O6. The van der Waals surface area contributed by atoms with Crippen LogP contribution in [-0.4, -0.2) is 56.5 Å². The highest BCUT2D eigenvalue weighted by molar-refractivity contribution is 5.94. The Balaban J connectivity index is 1.59. The van der Waals surface area contributed by atoms with Gasteiger partial charge in [0.1, 0.15) is 18.0 Å². The summed E-state index contributed by atoms with van der Waals surface area (Å²) in [5.74, 6) is 2.98. The van der Waals surface area contributed by atoms with E-state index in [4.69, 9.17) is 14.2 Å². The van der Waals surface area contributed by atoms with Gasteiger partial charge in [-0.3, -0.25) is 4.79 Å². The fourth-order valence-corrected chi connectivity index (χ4v) is 6.65. The highest BCUT2D eigenvalue weighted by atomic mass is 16.6. The first-order valence-corrected chi connectivity index (χ1v) is 16.3. The highest BCUT2D eigenvalue weighted by Gasteiger charge is 2.35. The molecule has 3 amide bonds. The van der Waals surface area contributed by atoms with Gasteiger partial charge in [-0.05, 0) is 91.9 Å². The predicted molar refractivity (Wildman–Crippen MR) is 168 cm³/mol. The summed E-state index contributed by atoms with van der Waals surface area (Å²) in [6.45, 7) is 13.6. The summed E-state index contributed by atoms with van der Waals surface area (Å²) in [6, 6.07) is 6.41. The van der Waals surface area contributed by atoms with E-state index in [1.54, 1.807) is 31.4 Å². The molecule has 9 heteroatoms. The maximum atomic E-state index is 13.1. The number of carbonyl (C=O) groups excluding carboxylic acids is 3. The molecule has 0 bridgehead atoms. The van der Waals surface area contributed by atoms with Crippen molar-refractivity contribution < 1.29 is 28.6 Å². The first kappa shape index (κ1) is 34.5. The first-order valence-electron chi connectivity index (χ1n) is 16.3. The third-order valence-electron chi connectivity index (χ3n) is 9.38. The molecule has 1 aromatic rings. The zero-order chi connectivity index (χ0) is 31.5. The van der Waals surface area contributed by atoms with Gasteiger partial charge in [0.25, 0.3) is 5.91 Å². The second-order valence-electron chi connectivity index (χ2n) is 13.5. The molecule has 9 nitrogen and oxygen atoms in total. The minimum absolute atomic E-state index is 0.120. The molecule has 2 aliphatic carbocycles. The summed E-state index contributed by atoms with van der Waals surface area (Å²) in [5.41, 5.74) is 0.513. The van der Waals surface area contributed by atoms with Crippen molar-refractivity contribution in [3.05, 3.63) is 29.8 Å². The molecule has 1 aromatic carbocycles. The van der Waals surface area contributed by atoms with Crippen LogP contribution < -0.4 is 20.7 Å². The smallest absolute Gasteiger partial charge is 0.407 e. The Bertz CT molecular complexity index is 1030. The largest absolute Gasteiger partial charge is 0.497 e. The number of rotatable bonds is 12. The molecule has 0 spiro atoms. The number of benzene rings is 1. The summed E-state index contributed by atoms with van der Waals surface area (Å²) in [7, 11) is 1.58. The Labute approximate surface area is 258 Å². The second-order valence-corrected chi connectivity index (χ2v) is 13.5. The number of hydrogen-bond acceptors (Lipinski definition) is 6. The molecule has 3 N–H and O–H groups in total. The summed E-state index contributed by atoms with van der Waals surface area (Å²) >= 11 is 0. The van der Waals surface area contributed by atoms with E-state index in [1.807, 2.05) is 0 Å². The minimum Gasteiger partial charge on any atom is -0.497 e. The van der Waals surface area contributed by atoms with Gasteiger partial charge in [0.15, 0.2) is 0 Å².